The van der Waals surface area contributed by atoms with Gasteiger partial charge in [0.25, 0.3) is 0 Å². The molecule has 0 spiro atoms. The molecule has 0 saturated heterocycles. The van der Waals surface area contributed by atoms with Crippen molar-refractivity contribution in [2.45, 2.75) is 19.4 Å². The SMILES string of the molecule is C[C@@H]1Cc2ccccc2C1Oc1ccc(C#N)cc1O. The van der Waals surface area contributed by atoms with Crippen molar-refractivity contribution in [3.63, 3.8) is 0 Å². The minimum Gasteiger partial charge on any atom is -0.504 e. The zero-order valence-electron chi connectivity index (χ0n) is 11.2. The van der Waals surface area contributed by atoms with Crippen LogP contribution in [0.15, 0.2) is 42.5 Å². The Morgan fingerprint density at radius 1 is 1.25 bits per heavy atom. The molecule has 0 aliphatic heterocycles. The summed E-state index contributed by atoms with van der Waals surface area (Å²) in [5.74, 6) is 0.806. The smallest absolute Gasteiger partial charge is 0.161 e. The van der Waals surface area contributed by atoms with Crippen molar-refractivity contribution in [2.75, 3.05) is 0 Å². The van der Waals surface area contributed by atoms with Crippen LogP contribution in [0, 0.1) is 17.2 Å². The van der Waals surface area contributed by atoms with Crippen LogP contribution in [-0.4, -0.2) is 5.11 Å². The van der Waals surface area contributed by atoms with Gasteiger partial charge in [-0.1, -0.05) is 31.2 Å². The Kier molecular flexibility index (Phi) is 3.08. The summed E-state index contributed by atoms with van der Waals surface area (Å²) in [7, 11) is 0. The molecule has 0 radical (unpaired) electrons. The lowest BCUT2D eigenvalue weighted by atomic mass is 10.1. The maximum atomic E-state index is 9.94. The van der Waals surface area contributed by atoms with E-state index in [0.717, 1.165) is 6.42 Å². The number of aromatic hydroxyl groups is 1. The predicted octanol–water partition coefficient (Wildman–Crippen LogP) is 3.58. The van der Waals surface area contributed by atoms with Crippen molar-refractivity contribution in [2.24, 2.45) is 5.92 Å². The van der Waals surface area contributed by atoms with Gasteiger partial charge in [-0.2, -0.15) is 5.26 Å². The number of nitrogens with zero attached hydrogens (tertiary/aromatic N) is 1. The molecule has 0 fully saturated rings. The minimum absolute atomic E-state index is 0.0145. The lowest BCUT2D eigenvalue weighted by Crippen LogP contribution is -2.11. The van der Waals surface area contributed by atoms with Gasteiger partial charge in [-0.25, -0.2) is 0 Å². The summed E-state index contributed by atoms with van der Waals surface area (Å²) in [6, 6.07) is 15.0. The fourth-order valence-corrected chi connectivity index (χ4v) is 2.76. The number of ether oxygens (including phenoxy) is 1. The van der Waals surface area contributed by atoms with Crippen molar-refractivity contribution < 1.29 is 9.84 Å². The third-order valence-electron chi connectivity index (χ3n) is 3.76. The highest BCUT2D eigenvalue weighted by molar-refractivity contribution is 5.46. The van der Waals surface area contributed by atoms with E-state index in [9.17, 15) is 5.11 Å². The Balaban J connectivity index is 1.90. The van der Waals surface area contributed by atoms with Gasteiger partial charge in [0.15, 0.2) is 11.5 Å². The molecule has 0 heterocycles. The third-order valence-corrected chi connectivity index (χ3v) is 3.76. The van der Waals surface area contributed by atoms with Crippen molar-refractivity contribution in [1.82, 2.24) is 0 Å². The molecule has 1 unspecified atom stereocenters. The summed E-state index contributed by atoms with van der Waals surface area (Å²) in [6.07, 6.45) is 0.933. The van der Waals surface area contributed by atoms with Gasteiger partial charge in [-0.05, 0) is 29.7 Å². The first-order valence-electron chi connectivity index (χ1n) is 6.66. The van der Waals surface area contributed by atoms with Crippen molar-refractivity contribution in [1.29, 1.82) is 5.26 Å². The molecule has 100 valence electrons. The molecule has 0 aromatic heterocycles. The molecule has 3 nitrogen and oxygen atoms in total. The number of fused-ring (bicyclic) bond motifs is 1. The van der Waals surface area contributed by atoms with Gasteiger partial charge in [0.2, 0.25) is 0 Å². The van der Waals surface area contributed by atoms with Crippen LogP contribution < -0.4 is 4.74 Å². The first-order valence-corrected chi connectivity index (χ1v) is 6.66. The van der Waals surface area contributed by atoms with E-state index in [1.165, 1.54) is 17.2 Å². The van der Waals surface area contributed by atoms with Gasteiger partial charge in [-0.15, -0.1) is 0 Å². The normalized spacial score (nSPS) is 20.2. The number of hydrogen-bond donors (Lipinski definition) is 1. The molecule has 1 aliphatic rings. The molecule has 0 bridgehead atoms. The van der Waals surface area contributed by atoms with Crippen LogP contribution in [0.25, 0.3) is 0 Å². The van der Waals surface area contributed by atoms with E-state index in [4.69, 9.17) is 10.00 Å². The summed E-state index contributed by atoms with van der Waals surface area (Å²) in [5, 5.41) is 18.7. The van der Waals surface area contributed by atoms with Crippen molar-refractivity contribution in [3.8, 4) is 17.6 Å². The average Bonchev–Trinajstić information content (AvgIpc) is 2.77. The fourth-order valence-electron chi connectivity index (χ4n) is 2.76. The average molecular weight is 265 g/mol. The van der Waals surface area contributed by atoms with E-state index in [2.05, 4.69) is 19.1 Å². The van der Waals surface area contributed by atoms with Crippen LogP contribution in [0.5, 0.6) is 11.5 Å². The summed E-state index contributed by atoms with van der Waals surface area (Å²) in [6.45, 7) is 2.14. The fraction of sp³-hybridized carbons (Fsp3) is 0.235. The molecule has 2 aromatic rings. The Morgan fingerprint density at radius 3 is 2.80 bits per heavy atom. The van der Waals surface area contributed by atoms with Gasteiger partial charge < -0.3 is 9.84 Å². The lowest BCUT2D eigenvalue weighted by molar-refractivity contribution is 0.154. The van der Waals surface area contributed by atoms with Gasteiger partial charge in [0.1, 0.15) is 6.10 Å². The maximum absolute atomic E-state index is 9.94. The zero-order valence-corrected chi connectivity index (χ0v) is 11.2. The lowest BCUT2D eigenvalue weighted by Gasteiger charge is -2.20. The number of hydrogen-bond acceptors (Lipinski definition) is 3. The quantitative estimate of drug-likeness (QED) is 0.903. The first kappa shape index (κ1) is 12.6. The Morgan fingerprint density at radius 2 is 2.05 bits per heavy atom. The second kappa shape index (κ2) is 4.90. The van der Waals surface area contributed by atoms with E-state index in [1.807, 2.05) is 18.2 Å². The number of benzene rings is 2. The van der Waals surface area contributed by atoms with Crippen molar-refractivity contribution >= 4 is 0 Å². The summed E-state index contributed by atoms with van der Waals surface area (Å²) in [5.41, 5.74) is 2.91. The zero-order chi connectivity index (χ0) is 14.1. The maximum Gasteiger partial charge on any atom is 0.161 e. The molecule has 2 atom stereocenters. The number of rotatable bonds is 2. The van der Waals surface area contributed by atoms with Gasteiger partial charge in [0.05, 0.1) is 11.6 Å². The second-order valence-corrected chi connectivity index (χ2v) is 5.21. The van der Waals surface area contributed by atoms with E-state index in [-0.39, 0.29) is 11.9 Å². The molecule has 3 heteroatoms. The Labute approximate surface area is 118 Å². The summed E-state index contributed by atoms with van der Waals surface area (Å²) >= 11 is 0. The van der Waals surface area contributed by atoms with Gasteiger partial charge >= 0.3 is 0 Å². The van der Waals surface area contributed by atoms with Crippen LogP contribution in [0.3, 0.4) is 0 Å². The number of phenolic OH excluding ortho intramolecular Hbond substituents is 1. The standard InChI is InChI=1S/C17H15NO2/c1-11-8-13-4-2-3-5-14(13)17(11)20-16-7-6-12(10-18)9-15(16)19/h2-7,9,11,17,19H,8H2,1H3/t11-,17?/m1/s1. The Bertz CT molecular complexity index is 688. The van der Waals surface area contributed by atoms with E-state index in [0.29, 0.717) is 17.2 Å². The van der Waals surface area contributed by atoms with E-state index < -0.39 is 0 Å². The van der Waals surface area contributed by atoms with E-state index in [1.54, 1.807) is 12.1 Å². The molecule has 1 N–H and O–H groups in total. The molecule has 1 aliphatic carbocycles. The largest absolute Gasteiger partial charge is 0.504 e. The highest BCUT2D eigenvalue weighted by atomic mass is 16.5. The van der Waals surface area contributed by atoms with E-state index >= 15 is 0 Å². The minimum atomic E-state index is -0.0509. The van der Waals surface area contributed by atoms with Crippen LogP contribution in [-0.2, 0) is 6.42 Å². The first-order chi connectivity index (χ1) is 9.69. The van der Waals surface area contributed by atoms with Gasteiger partial charge in [0, 0.05) is 12.0 Å². The molecule has 0 saturated carbocycles. The topological polar surface area (TPSA) is 53.2 Å². The molecule has 0 amide bonds. The van der Waals surface area contributed by atoms with Crippen LogP contribution in [0.2, 0.25) is 0 Å². The monoisotopic (exact) mass is 265 g/mol. The van der Waals surface area contributed by atoms with Gasteiger partial charge in [-0.3, -0.25) is 0 Å². The third kappa shape index (κ3) is 2.10. The predicted molar refractivity (Wildman–Crippen MR) is 75.5 cm³/mol. The highest BCUT2D eigenvalue weighted by Gasteiger charge is 2.31. The van der Waals surface area contributed by atoms with Crippen LogP contribution in [0.4, 0.5) is 0 Å². The van der Waals surface area contributed by atoms with Crippen LogP contribution >= 0.6 is 0 Å². The molecule has 20 heavy (non-hydrogen) atoms. The van der Waals surface area contributed by atoms with Crippen molar-refractivity contribution in [3.05, 3.63) is 59.2 Å². The highest BCUT2D eigenvalue weighted by Crippen LogP contribution is 2.41. The second-order valence-electron chi connectivity index (χ2n) is 5.21. The molecular formula is C17H15NO2. The molecule has 2 aromatic carbocycles. The van der Waals surface area contributed by atoms with Crippen LogP contribution in [0.1, 0.15) is 29.7 Å². The molecule has 3 rings (SSSR count). The molecular weight excluding hydrogens is 250 g/mol. The summed E-state index contributed by atoms with van der Waals surface area (Å²) < 4.78 is 5.98. The number of phenols is 1. The number of nitriles is 1. The Hall–Kier alpha value is -2.47. The summed E-state index contributed by atoms with van der Waals surface area (Å²) in [4.78, 5) is 0.